The lowest BCUT2D eigenvalue weighted by molar-refractivity contribution is -0.129. The molecule has 1 atom stereocenters. The largest absolute Gasteiger partial charge is 0.395 e. The van der Waals surface area contributed by atoms with E-state index in [1.165, 1.54) is 12.8 Å². The Bertz CT molecular complexity index is 232. The third-order valence-corrected chi connectivity index (χ3v) is 3.32. The summed E-state index contributed by atoms with van der Waals surface area (Å²) in [6.45, 7) is 0.806. The Balaban J connectivity index is 2.71. The molecule has 0 aliphatic heterocycles. The van der Waals surface area contributed by atoms with Crippen LogP contribution in [0.25, 0.3) is 0 Å². The molecule has 1 rings (SSSR count). The Morgan fingerprint density at radius 3 is 2.71 bits per heavy atom. The van der Waals surface area contributed by atoms with Crippen LogP contribution in [-0.2, 0) is 9.53 Å². The van der Waals surface area contributed by atoms with E-state index in [0.29, 0.717) is 19.2 Å². The Labute approximate surface area is 102 Å². The molecule has 1 aliphatic carbocycles. The average molecular weight is 245 g/mol. The molecule has 6 heteroatoms. The zero-order chi connectivity index (χ0) is 12.7. The van der Waals surface area contributed by atoms with Gasteiger partial charge in [-0.15, -0.1) is 0 Å². The van der Waals surface area contributed by atoms with Gasteiger partial charge in [-0.05, 0) is 12.8 Å². The summed E-state index contributed by atoms with van der Waals surface area (Å²) in [5.74, 6) is 4.93. The van der Waals surface area contributed by atoms with Gasteiger partial charge >= 0.3 is 0 Å². The van der Waals surface area contributed by atoms with Crippen molar-refractivity contribution in [3.63, 3.8) is 0 Å². The number of hydrogen-bond acceptors (Lipinski definition) is 5. The highest BCUT2D eigenvalue weighted by Gasteiger charge is 2.32. The van der Waals surface area contributed by atoms with Gasteiger partial charge in [0.1, 0.15) is 6.04 Å². The summed E-state index contributed by atoms with van der Waals surface area (Å²) in [6.07, 6.45) is 4.49. The molecule has 17 heavy (non-hydrogen) atoms. The molecule has 1 unspecified atom stereocenters. The van der Waals surface area contributed by atoms with Gasteiger partial charge < -0.3 is 9.84 Å². The van der Waals surface area contributed by atoms with Crippen molar-refractivity contribution in [3.8, 4) is 0 Å². The number of methoxy groups -OCH3 is 1. The first-order valence-corrected chi connectivity index (χ1v) is 6.10. The highest BCUT2D eigenvalue weighted by molar-refractivity contribution is 5.81. The van der Waals surface area contributed by atoms with Crippen molar-refractivity contribution < 1.29 is 14.6 Å². The summed E-state index contributed by atoms with van der Waals surface area (Å²) in [5, 5.41) is 9.12. The molecule has 4 N–H and O–H groups in total. The topological polar surface area (TPSA) is 87.8 Å². The van der Waals surface area contributed by atoms with Crippen molar-refractivity contribution >= 4 is 5.91 Å². The summed E-state index contributed by atoms with van der Waals surface area (Å²) < 4.78 is 5.07. The molecule has 0 aromatic heterocycles. The third kappa shape index (κ3) is 3.92. The molecule has 0 spiro atoms. The molecule has 6 nitrogen and oxygen atoms in total. The minimum Gasteiger partial charge on any atom is -0.395 e. The van der Waals surface area contributed by atoms with E-state index in [9.17, 15) is 4.79 Å². The molecular formula is C11H23N3O3. The van der Waals surface area contributed by atoms with Crippen LogP contribution in [0, 0.1) is 0 Å². The van der Waals surface area contributed by atoms with Gasteiger partial charge in [-0.1, -0.05) is 12.8 Å². The number of carbonyl (C=O) groups excluding carboxylic acids is 1. The van der Waals surface area contributed by atoms with Crippen LogP contribution in [0.1, 0.15) is 25.7 Å². The minimum atomic E-state index is -0.416. The second kappa shape index (κ2) is 7.60. The van der Waals surface area contributed by atoms with E-state index < -0.39 is 6.04 Å². The van der Waals surface area contributed by atoms with E-state index in [-0.39, 0.29) is 12.5 Å². The number of nitrogens with zero attached hydrogens (tertiary/aromatic N) is 1. The Kier molecular flexibility index (Phi) is 6.43. The fourth-order valence-corrected chi connectivity index (χ4v) is 2.52. The quantitative estimate of drug-likeness (QED) is 0.311. The molecule has 100 valence electrons. The SMILES string of the molecule is COCC(C(=O)NN)N(CCO)C1CCCC1. The first-order valence-electron chi connectivity index (χ1n) is 6.10. The predicted octanol–water partition coefficient (Wildman–Crippen LogP) is -0.772. The zero-order valence-corrected chi connectivity index (χ0v) is 10.4. The maximum absolute atomic E-state index is 11.7. The Morgan fingerprint density at radius 2 is 2.24 bits per heavy atom. The van der Waals surface area contributed by atoms with Crippen LogP contribution in [0.2, 0.25) is 0 Å². The predicted molar refractivity (Wildman–Crippen MR) is 64.0 cm³/mol. The number of hydrogen-bond donors (Lipinski definition) is 3. The summed E-state index contributed by atoms with van der Waals surface area (Å²) in [4.78, 5) is 13.7. The van der Waals surface area contributed by atoms with Gasteiger partial charge in [0.15, 0.2) is 0 Å². The van der Waals surface area contributed by atoms with E-state index in [0.717, 1.165) is 12.8 Å². The van der Waals surface area contributed by atoms with Crippen LogP contribution in [0.4, 0.5) is 0 Å². The van der Waals surface area contributed by atoms with Gasteiger partial charge in [0.2, 0.25) is 0 Å². The molecular weight excluding hydrogens is 222 g/mol. The number of carbonyl (C=O) groups is 1. The van der Waals surface area contributed by atoms with Crippen molar-refractivity contribution in [3.05, 3.63) is 0 Å². The van der Waals surface area contributed by atoms with E-state index in [4.69, 9.17) is 15.7 Å². The molecule has 0 radical (unpaired) electrons. The molecule has 1 fully saturated rings. The maximum atomic E-state index is 11.7. The van der Waals surface area contributed by atoms with Crippen molar-refractivity contribution in [1.29, 1.82) is 0 Å². The summed E-state index contributed by atoms with van der Waals surface area (Å²) in [5.41, 5.74) is 2.17. The van der Waals surface area contributed by atoms with Crippen molar-refractivity contribution in [2.24, 2.45) is 5.84 Å². The van der Waals surface area contributed by atoms with Crippen LogP contribution in [0.5, 0.6) is 0 Å². The van der Waals surface area contributed by atoms with Crippen molar-refractivity contribution in [2.45, 2.75) is 37.8 Å². The molecule has 0 bridgehead atoms. The normalized spacial score (nSPS) is 18.6. The highest BCUT2D eigenvalue weighted by Crippen LogP contribution is 2.25. The zero-order valence-electron chi connectivity index (χ0n) is 10.4. The molecule has 0 aromatic carbocycles. The van der Waals surface area contributed by atoms with Crippen molar-refractivity contribution in [2.75, 3.05) is 26.9 Å². The maximum Gasteiger partial charge on any atom is 0.253 e. The van der Waals surface area contributed by atoms with Crippen LogP contribution >= 0.6 is 0 Å². The highest BCUT2D eigenvalue weighted by atomic mass is 16.5. The number of aliphatic hydroxyl groups is 1. The summed E-state index contributed by atoms with van der Waals surface area (Å²) in [6, 6.07) is -0.0696. The van der Waals surface area contributed by atoms with E-state index in [2.05, 4.69) is 5.43 Å². The fourth-order valence-electron chi connectivity index (χ4n) is 2.52. The standard InChI is InChI=1S/C11H23N3O3/c1-17-8-10(11(16)13-12)14(6-7-15)9-4-2-3-5-9/h9-10,15H,2-8,12H2,1H3,(H,13,16). The van der Waals surface area contributed by atoms with Gasteiger partial charge in [-0.25, -0.2) is 5.84 Å². The summed E-state index contributed by atoms with van der Waals surface area (Å²) in [7, 11) is 1.56. The van der Waals surface area contributed by atoms with Gasteiger partial charge in [-0.3, -0.25) is 15.1 Å². The monoisotopic (exact) mass is 245 g/mol. The van der Waals surface area contributed by atoms with E-state index in [1.807, 2.05) is 4.90 Å². The lowest BCUT2D eigenvalue weighted by Crippen LogP contribution is -2.55. The van der Waals surface area contributed by atoms with Crippen LogP contribution < -0.4 is 11.3 Å². The Morgan fingerprint density at radius 1 is 1.59 bits per heavy atom. The molecule has 1 saturated carbocycles. The van der Waals surface area contributed by atoms with E-state index in [1.54, 1.807) is 7.11 Å². The number of ether oxygens (including phenoxy) is 1. The molecule has 0 saturated heterocycles. The lowest BCUT2D eigenvalue weighted by Gasteiger charge is -2.34. The van der Waals surface area contributed by atoms with E-state index >= 15 is 0 Å². The minimum absolute atomic E-state index is 0.0363. The van der Waals surface area contributed by atoms with Crippen LogP contribution in [-0.4, -0.2) is 54.9 Å². The van der Waals surface area contributed by atoms with Gasteiger partial charge in [0.25, 0.3) is 5.91 Å². The summed E-state index contributed by atoms with van der Waals surface area (Å²) >= 11 is 0. The number of amides is 1. The Hall–Kier alpha value is -0.690. The number of nitrogens with two attached hydrogens (primary N) is 1. The second-order valence-corrected chi connectivity index (χ2v) is 4.38. The van der Waals surface area contributed by atoms with Crippen LogP contribution in [0.15, 0.2) is 0 Å². The average Bonchev–Trinajstić information content (AvgIpc) is 2.86. The number of rotatable bonds is 7. The second-order valence-electron chi connectivity index (χ2n) is 4.38. The lowest BCUT2D eigenvalue weighted by atomic mass is 10.1. The molecule has 0 aromatic rings. The smallest absolute Gasteiger partial charge is 0.253 e. The number of nitrogens with one attached hydrogen (secondary N) is 1. The van der Waals surface area contributed by atoms with Gasteiger partial charge in [0, 0.05) is 19.7 Å². The number of hydrazine groups is 1. The van der Waals surface area contributed by atoms with Crippen molar-refractivity contribution in [1.82, 2.24) is 10.3 Å². The van der Waals surface area contributed by atoms with Gasteiger partial charge in [-0.2, -0.15) is 0 Å². The first-order chi connectivity index (χ1) is 8.24. The molecule has 1 aliphatic rings. The van der Waals surface area contributed by atoms with Gasteiger partial charge in [0.05, 0.1) is 13.2 Å². The first kappa shape index (κ1) is 14.4. The molecule has 1 amide bonds. The molecule has 0 heterocycles. The third-order valence-electron chi connectivity index (χ3n) is 3.32. The van der Waals surface area contributed by atoms with Crippen LogP contribution in [0.3, 0.4) is 0 Å². The fraction of sp³-hybridized carbons (Fsp3) is 0.909. The number of aliphatic hydroxyl groups excluding tert-OH is 1.